The average Bonchev–Trinajstić information content (AvgIpc) is 2.59. The Morgan fingerprint density at radius 1 is 1.48 bits per heavy atom. The summed E-state index contributed by atoms with van der Waals surface area (Å²) in [6.45, 7) is 4.44. The number of hydrogen-bond donors (Lipinski definition) is 2. The van der Waals surface area contributed by atoms with Crippen molar-refractivity contribution in [1.82, 2.24) is 15.5 Å². The van der Waals surface area contributed by atoms with Gasteiger partial charge in [0.25, 0.3) is 0 Å². The summed E-state index contributed by atoms with van der Waals surface area (Å²) in [4.78, 5) is 13.3. The van der Waals surface area contributed by atoms with E-state index in [1.165, 1.54) is 4.90 Å². The lowest BCUT2D eigenvalue weighted by atomic mass is 9.79. The van der Waals surface area contributed by atoms with Gasteiger partial charge in [0, 0.05) is 38.2 Å². The van der Waals surface area contributed by atoms with Gasteiger partial charge in [0.2, 0.25) is 0 Å². The van der Waals surface area contributed by atoms with Crippen LogP contribution in [-0.2, 0) is 4.74 Å². The Hall–Kier alpha value is -1.02. The first-order valence-corrected chi connectivity index (χ1v) is 7.19. The standard InChI is InChI=1S/C13H22F3N3O2/c1-12(7-13(14,15)16)8-19(9-12)11(20)18-6-10-5-17-3-2-4-21-10/h10,17H,2-9H2,1H3,(H,18,20). The average molecular weight is 309 g/mol. The second-order valence-electron chi connectivity index (χ2n) is 6.20. The van der Waals surface area contributed by atoms with Crippen molar-refractivity contribution < 1.29 is 22.7 Å². The van der Waals surface area contributed by atoms with Gasteiger partial charge in [-0.3, -0.25) is 0 Å². The first-order valence-electron chi connectivity index (χ1n) is 7.19. The van der Waals surface area contributed by atoms with Crippen LogP contribution in [0.3, 0.4) is 0 Å². The number of nitrogens with zero attached hydrogens (tertiary/aromatic N) is 1. The number of likely N-dealkylation sites (tertiary alicyclic amines) is 1. The molecule has 1 unspecified atom stereocenters. The summed E-state index contributed by atoms with van der Waals surface area (Å²) in [6.07, 6.45) is -4.18. The molecule has 0 aliphatic carbocycles. The Kier molecular flexibility index (Phi) is 4.98. The molecule has 5 nitrogen and oxygen atoms in total. The van der Waals surface area contributed by atoms with Crippen molar-refractivity contribution >= 4 is 6.03 Å². The lowest BCUT2D eigenvalue weighted by Gasteiger charge is -2.48. The Morgan fingerprint density at radius 3 is 2.86 bits per heavy atom. The maximum atomic E-state index is 12.4. The molecule has 0 saturated carbocycles. The van der Waals surface area contributed by atoms with Crippen molar-refractivity contribution in [2.45, 2.75) is 32.0 Å². The number of carbonyl (C=O) groups excluding carboxylic acids is 1. The second-order valence-corrected chi connectivity index (χ2v) is 6.20. The fraction of sp³-hybridized carbons (Fsp3) is 0.923. The number of alkyl halides is 3. The van der Waals surface area contributed by atoms with Crippen LogP contribution in [0.25, 0.3) is 0 Å². The van der Waals surface area contributed by atoms with Crippen molar-refractivity contribution in [3.8, 4) is 0 Å². The topological polar surface area (TPSA) is 53.6 Å². The van der Waals surface area contributed by atoms with Crippen LogP contribution < -0.4 is 10.6 Å². The predicted octanol–water partition coefficient (Wildman–Crippen LogP) is 1.35. The van der Waals surface area contributed by atoms with Crippen LogP contribution in [0.5, 0.6) is 0 Å². The normalized spacial score (nSPS) is 25.9. The van der Waals surface area contributed by atoms with E-state index in [4.69, 9.17) is 4.74 Å². The van der Waals surface area contributed by atoms with Gasteiger partial charge in [0.05, 0.1) is 12.5 Å². The van der Waals surface area contributed by atoms with Crippen molar-refractivity contribution in [2.75, 3.05) is 39.3 Å². The molecule has 2 saturated heterocycles. The fourth-order valence-corrected chi connectivity index (χ4v) is 2.83. The highest BCUT2D eigenvalue weighted by Gasteiger charge is 2.48. The van der Waals surface area contributed by atoms with E-state index in [0.29, 0.717) is 19.7 Å². The van der Waals surface area contributed by atoms with Crippen LogP contribution in [-0.4, -0.2) is 62.5 Å². The minimum absolute atomic E-state index is 0.0840. The van der Waals surface area contributed by atoms with Crippen LogP contribution in [0.2, 0.25) is 0 Å². The van der Waals surface area contributed by atoms with E-state index in [9.17, 15) is 18.0 Å². The second kappa shape index (κ2) is 6.39. The fourth-order valence-electron chi connectivity index (χ4n) is 2.83. The maximum absolute atomic E-state index is 12.4. The van der Waals surface area contributed by atoms with E-state index < -0.39 is 18.0 Å². The summed E-state index contributed by atoms with van der Waals surface area (Å²) in [5.74, 6) is 0. The monoisotopic (exact) mass is 309 g/mol. The third-order valence-electron chi connectivity index (χ3n) is 3.76. The zero-order valence-corrected chi connectivity index (χ0v) is 12.1. The van der Waals surface area contributed by atoms with E-state index in [0.717, 1.165) is 13.0 Å². The molecule has 0 aromatic carbocycles. The molecule has 0 spiro atoms. The molecule has 2 heterocycles. The quantitative estimate of drug-likeness (QED) is 0.827. The molecule has 0 aromatic heterocycles. The summed E-state index contributed by atoms with van der Waals surface area (Å²) < 4.78 is 42.7. The summed E-state index contributed by atoms with van der Waals surface area (Å²) >= 11 is 0. The molecule has 2 amide bonds. The first kappa shape index (κ1) is 16.4. The van der Waals surface area contributed by atoms with Crippen LogP contribution in [0, 0.1) is 5.41 Å². The number of urea groups is 1. The van der Waals surface area contributed by atoms with Crippen molar-refractivity contribution in [3.63, 3.8) is 0 Å². The molecule has 0 bridgehead atoms. The Morgan fingerprint density at radius 2 is 2.19 bits per heavy atom. The first-order chi connectivity index (χ1) is 9.77. The molecular weight excluding hydrogens is 287 g/mol. The molecule has 8 heteroatoms. The van der Waals surface area contributed by atoms with E-state index in [2.05, 4.69) is 10.6 Å². The van der Waals surface area contributed by atoms with Crippen LogP contribution >= 0.6 is 0 Å². The maximum Gasteiger partial charge on any atom is 0.389 e. The van der Waals surface area contributed by atoms with Gasteiger partial charge in [-0.25, -0.2) is 4.79 Å². The number of carbonyl (C=O) groups is 1. The number of ether oxygens (including phenoxy) is 1. The molecule has 1 atom stereocenters. The number of hydrogen-bond acceptors (Lipinski definition) is 3. The van der Waals surface area contributed by atoms with Crippen LogP contribution in [0.15, 0.2) is 0 Å². The molecule has 21 heavy (non-hydrogen) atoms. The van der Waals surface area contributed by atoms with Gasteiger partial charge in [0.1, 0.15) is 0 Å². The van der Waals surface area contributed by atoms with E-state index in [1.54, 1.807) is 6.92 Å². The van der Waals surface area contributed by atoms with E-state index >= 15 is 0 Å². The largest absolute Gasteiger partial charge is 0.389 e. The van der Waals surface area contributed by atoms with Crippen molar-refractivity contribution in [2.24, 2.45) is 5.41 Å². The molecule has 2 fully saturated rings. The highest BCUT2D eigenvalue weighted by Crippen LogP contribution is 2.40. The van der Waals surface area contributed by atoms with Crippen molar-refractivity contribution in [3.05, 3.63) is 0 Å². The van der Waals surface area contributed by atoms with Crippen LogP contribution in [0.4, 0.5) is 18.0 Å². The highest BCUT2D eigenvalue weighted by molar-refractivity contribution is 5.75. The lowest BCUT2D eigenvalue weighted by Crippen LogP contribution is -2.61. The minimum atomic E-state index is -4.18. The highest BCUT2D eigenvalue weighted by atomic mass is 19.4. The summed E-state index contributed by atoms with van der Waals surface area (Å²) in [7, 11) is 0. The molecular formula is C13H22F3N3O2. The van der Waals surface area contributed by atoms with Gasteiger partial charge >= 0.3 is 12.2 Å². The van der Waals surface area contributed by atoms with Gasteiger partial charge in [0.15, 0.2) is 0 Å². The third-order valence-corrected chi connectivity index (χ3v) is 3.76. The minimum Gasteiger partial charge on any atom is -0.375 e. The number of amides is 2. The summed E-state index contributed by atoms with van der Waals surface area (Å²) in [5, 5.41) is 5.93. The molecule has 2 aliphatic rings. The summed E-state index contributed by atoms with van der Waals surface area (Å²) in [5.41, 5.74) is -0.851. The molecule has 122 valence electrons. The van der Waals surface area contributed by atoms with E-state index in [1.807, 2.05) is 0 Å². The van der Waals surface area contributed by atoms with Gasteiger partial charge < -0.3 is 20.3 Å². The molecule has 2 aliphatic heterocycles. The molecule has 2 N–H and O–H groups in total. The van der Waals surface area contributed by atoms with Gasteiger partial charge in [-0.2, -0.15) is 13.2 Å². The summed E-state index contributed by atoms with van der Waals surface area (Å²) in [6, 6.07) is -0.317. The molecule has 0 aromatic rings. The smallest absolute Gasteiger partial charge is 0.375 e. The Labute approximate surface area is 122 Å². The number of halogens is 3. The Bertz CT molecular complexity index is 362. The van der Waals surface area contributed by atoms with Crippen LogP contribution in [0.1, 0.15) is 19.8 Å². The molecule has 0 radical (unpaired) electrons. The van der Waals surface area contributed by atoms with Gasteiger partial charge in [-0.05, 0) is 13.0 Å². The predicted molar refractivity (Wildman–Crippen MR) is 71.0 cm³/mol. The number of rotatable bonds is 3. The van der Waals surface area contributed by atoms with Gasteiger partial charge in [-0.15, -0.1) is 0 Å². The van der Waals surface area contributed by atoms with Gasteiger partial charge in [-0.1, -0.05) is 6.92 Å². The zero-order valence-electron chi connectivity index (χ0n) is 12.1. The van der Waals surface area contributed by atoms with Crippen molar-refractivity contribution in [1.29, 1.82) is 0 Å². The number of nitrogens with one attached hydrogen (secondary N) is 2. The molecule has 2 rings (SSSR count). The zero-order chi connectivity index (χ0) is 15.5. The Balaban J connectivity index is 1.68. The SMILES string of the molecule is CC1(CC(F)(F)F)CN(C(=O)NCC2CNCCCO2)C1. The van der Waals surface area contributed by atoms with E-state index in [-0.39, 0.29) is 25.2 Å². The third kappa shape index (κ3) is 5.03. The lowest BCUT2D eigenvalue weighted by molar-refractivity contribution is -0.172.